The van der Waals surface area contributed by atoms with Crippen molar-refractivity contribution in [1.82, 2.24) is 10.3 Å². The van der Waals surface area contributed by atoms with Gasteiger partial charge < -0.3 is 15.8 Å². The number of primary sulfonamides is 1. The molecule has 0 saturated carbocycles. The zero-order valence-electron chi connectivity index (χ0n) is 17.0. The first kappa shape index (κ1) is 22.0. The molecule has 0 fully saturated rings. The summed E-state index contributed by atoms with van der Waals surface area (Å²) in [5, 5.41) is 13.6. The van der Waals surface area contributed by atoms with Crippen LogP contribution in [0.5, 0.6) is 5.75 Å². The van der Waals surface area contributed by atoms with Gasteiger partial charge in [-0.05, 0) is 37.3 Å². The van der Waals surface area contributed by atoms with E-state index in [1.807, 2.05) is 12.1 Å². The van der Waals surface area contributed by atoms with Crippen LogP contribution in [0.3, 0.4) is 0 Å². The number of hydrogen-bond acceptors (Lipinski definition) is 8. The molecule has 1 heterocycles. The number of guanidine groups is 1. The summed E-state index contributed by atoms with van der Waals surface area (Å²) >= 11 is 0. The largest absolute Gasteiger partial charge is 0.494 e. The molecule has 1 aliphatic rings. The predicted octanol–water partition coefficient (Wildman–Crippen LogP) is 1.38. The third-order valence-electron chi connectivity index (χ3n) is 4.45. The Kier molecular flexibility index (Phi) is 6.09. The van der Waals surface area contributed by atoms with E-state index in [0.717, 1.165) is 5.56 Å². The van der Waals surface area contributed by atoms with Crippen molar-refractivity contribution in [3.8, 4) is 5.75 Å². The van der Waals surface area contributed by atoms with Gasteiger partial charge in [-0.2, -0.15) is 5.10 Å². The molecule has 0 spiro atoms. The summed E-state index contributed by atoms with van der Waals surface area (Å²) in [7, 11) is -2.27. The number of hydrazone groups is 1. The van der Waals surface area contributed by atoms with Crippen molar-refractivity contribution in [1.29, 1.82) is 0 Å². The molecule has 31 heavy (non-hydrogen) atoms. The molecule has 11 heteroatoms. The Morgan fingerprint density at radius 1 is 1.26 bits per heavy atom. The van der Waals surface area contributed by atoms with Gasteiger partial charge >= 0.3 is 0 Å². The molecule has 10 nitrogen and oxygen atoms in total. The Hall–Kier alpha value is -3.70. The minimum absolute atomic E-state index is 0.0721. The van der Waals surface area contributed by atoms with Crippen molar-refractivity contribution in [3.63, 3.8) is 0 Å². The molecule has 1 aliphatic heterocycles. The van der Waals surface area contributed by atoms with E-state index in [1.54, 1.807) is 20.1 Å². The van der Waals surface area contributed by atoms with Crippen LogP contribution in [0.4, 0.5) is 5.69 Å². The standard InChI is InChI=1S/C20H22N6O4S/c1-12(11-23-19(27)14-7-9-15(10-8-14)31(22,28)29)25-26-13(2)16-5-4-6-17(30-3)18(16)24-20(26)21/h4-10H,2,11H2,1,3H3,(H2,21,24)(H,23,27)(H2,22,28,29)/b25-12+. The number of nitrogens with zero attached hydrogens (tertiary/aromatic N) is 3. The van der Waals surface area contributed by atoms with E-state index in [4.69, 9.17) is 15.6 Å². The minimum Gasteiger partial charge on any atom is -0.494 e. The monoisotopic (exact) mass is 442 g/mol. The Labute approximate surface area is 179 Å². The average molecular weight is 443 g/mol. The quantitative estimate of drug-likeness (QED) is 0.575. The number of methoxy groups -OCH3 is 1. The lowest BCUT2D eigenvalue weighted by molar-refractivity contribution is 0.0959. The molecule has 5 N–H and O–H groups in total. The topological polar surface area (TPSA) is 152 Å². The van der Waals surface area contributed by atoms with Gasteiger partial charge in [-0.1, -0.05) is 18.7 Å². The Balaban J connectivity index is 1.71. The molecule has 0 atom stereocenters. The van der Waals surface area contributed by atoms with Gasteiger partial charge in [-0.3, -0.25) is 4.79 Å². The molecular weight excluding hydrogens is 420 g/mol. The normalized spacial score (nSPS) is 14.0. The van der Waals surface area contributed by atoms with Crippen molar-refractivity contribution < 1.29 is 17.9 Å². The number of carbonyl (C=O) groups is 1. The van der Waals surface area contributed by atoms with E-state index in [2.05, 4.69) is 22.0 Å². The molecule has 0 aromatic heterocycles. The van der Waals surface area contributed by atoms with Crippen LogP contribution >= 0.6 is 0 Å². The molecule has 0 unspecified atom stereocenters. The highest BCUT2D eigenvalue weighted by molar-refractivity contribution is 7.89. The van der Waals surface area contributed by atoms with Gasteiger partial charge in [0.05, 0.1) is 30.0 Å². The number of nitrogens with two attached hydrogens (primary N) is 2. The maximum Gasteiger partial charge on any atom is 0.251 e. The van der Waals surface area contributed by atoms with Gasteiger partial charge in [0.25, 0.3) is 5.91 Å². The number of amides is 1. The highest BCUT2D eigenvalue weighted by Gasteiger charge is 2.24. The van der Waals surface area contributed by atoms with Crippen LogP contribution < -0.4 is 20.9 Å². The van der Waals surface area contributed by atoms with Crippen molar-refractivity contribution in [3.05, 3.63) is 60.2 Å². The molecule has 162 valence electrons. The van der Waals surface area contributed by atoms with Crippen LogP contribution in [-0.2, 0) is 10.0 Å². The number of carbonyl (C=O) groups excluding carboxylic acids is 1. The van der Waals surface area contributed by atoms with Gasteiger partial charge in [0.2, 0.25) is 16.0 Å². The van der Waals surface area contributed by atoms with Gasteiger partial charge in [-0.15, -0.1) is 0 Å². The van der Waals surface area contributed by atoms with E-state index in [1.165, 1.54) is 29.3 Å². The second kappa shape index (κ2) is 8.58. The molecule has 2 aromatic carbocycles. The van der Waals surface area contributed by atoms with Crippen LogP contribution in [0, 0.1) is 0 Å². The lowest BCUT2D eigenvalue weighted by Crippen LogP contribution is -2.36. The summed E-state index contributed by atoms with van der Waals surface area (Å²) in [6.07, 6.45) is 0. The fourth-order valence-electron chi connectivity index (χ4n) is 2.87. The number of para-hydroxylation sites is 1. The molecular formula is C20H22N6O4S. The third kappa shape index (κ3) is 4.73. The highest BCUT2D eigenvalue weighted by atomic mass is 32.2. The third-order valence-corrected chi connectivity index (χ3v) is 5.38. The average Bonchev–Trinajstić information content (AvgIpc) is 2.74. The van der Waals surface area contributed by atoms with E-state index < -0.39 is 15.9 Å². The number of nitrogens with one attached hydrogen (secondary N) is 1. The first-order chi connectivity index (χ1) is 14.6. The summed E-state index contributed by atoms with van der Waals surface area (Å²) < 4.78 is 27.9. The van der Waals surface area contributed by atoms with Gasteiger partial charge in [-0.25, -0.2) is 23.6 Å². The predicted molar refractivity (Wildman–Crippen MR) is 118 cm³/mol. The number of aliphatic imine (C=N–C) groups is 1. The number of benzene rings is 2. The SMILES string of the molecule is C=C1c2cccc(OC)c2N=C(N)N1/N=C(\C)CNC(=O)c1ccc(S(N)(=O)=O)cc1. The number of rotatable bonds is 6. The van der Waals surface area contributed by atoms with Crippen LogP contribution in [0.2, 0.25) is 0 Å². The lowest BCUT2D eigenvalue weighted by Gasteiger charge is -2.27. The van der Waals surface area contributed by atoms with E-state index in [-0.39, 0.29) is 23.0 Å². The Morgan fingerprint density at radius 3 is 2.55 bits per heavy atom. The number of ether oxygens (including phenoxy) is 1. The van der Waals surface area contributed by atoms with Gasteiger partial charge in [0, 0.05) is 11.1 Å². The fraction of sp³-hybridized carbons (Fsp3) is 0.150. The second-order valence-corrected chi connectivity index (χ2v) is 8.23. The summed E-state index contributed by atoms with van der Waals surface area (Å²) in [6, 6.07) is 10.7. The molecule has 2 aromatic rings. The smallest absolute Gasteiger partial charge is 0.251 e. The molecule has 0 bridgehead atoms. The lowest BCUT2D eigenvalue weighted by atomic mass is 10.1. The highest BCUT2D eigenvalue weighted by Crippen LogP contribution is 2.39. The molecule has 0 radical (unpaired) electrons. The second-order valence-electron chi connectivity index (χ2n) is 6.67. The van der Waals surface area contributed by atoms with Crippen LogP contribution in [0.25, 0.3) is 5.70 Å². The van der Waals surface area contributed by atoms with Gasteiger partial charge in [0.15, 0.2) is 0 Å². The van der Waals surface area contributed by atoms with Crippen molar-refractivity contribution in [2.45, 2.75) is 11.8 Å². The maximum atomic E-state index is 12.3. The van der Waals surface area contributed by atoms with Crippen LogP contribution in [-0.4, -0.2) is 44.7 Å². The number of sulfonamides is 1. The van der Waals surface area contributed by atoms with Crippen LogP contribution in [0.15, 0.2) is 64.0 Å². The fourth-order valence-corrected chi connectivity index (χ4v) is 3.39. The zero-order chi connectivity index (χ0) is 22.8. The van der Waals surface area contributed by atoms with E-state index in [0.29, 0.717) is 22.8 Å². The maximum absolute atomic E-state index is 12.3. The van der Waals surface area contributed by atoms with E-state index in [9.17, 15) is 13.2 Å². The molecule has 0 aliphatic carbocycles. The van der Waals surface area contributed by atoms with Gasteiger partial charge in [0.1, 0.15) is 11.4 Å². The number of hydrogen-bond donors (Lipinski definition) is 3. The van der Waals surface area contributed by atoms with Crippen molar-refractivity contribution in [2.75, 3.05) is 13.7 Å². The van der Waals surface area contributed by atoms with Crippen molar-refractivity contribution >= 4 is 39.0 Å². The Morgan fingerprint density at radius 2 is 1.94 bits per heavy atom. The summed E-state index contributed by atoms with van der Waals surface area (Å²) in [5.41, 5.74) is 8.70. The molecule has 1 amide bonds. The van der Waals surface area contributed by atoms with E-state index >= 15 is 0 Å². The first-order valence-corrected chi connectivity index (χ1v) is 10.6. The summed E-state index contributed by atoms with van der Waals surface area (Å²) in [4.78, 5) is 16.6. The zero-order valence-corrected chi connectivity index (χ0v) is 17.8. The minimum atomic E-state index is -3.82. The van der Waals surface area contributed by atoms with Crippen molar-refractivity contribution in [2.24, 2.45) is 21.0 Å². The summed E-state index contributed by atoms with van der Waals surface area (Å²) in [5.74, 6) is 0.290. The molecule has 3 rings (SSSR count). The van der Waals surface area contributed by atoms with Crippen LogP contribution in [0.1, 0.15) is 22.8 Å². The Bertz CT molecular complexity index is 1200. The number of fused-ring (bicyclic) bond motifs is 1. The first-order valence-electron chi connectivity index (χ1n) is 9.07. The summed E-state index contributed by atoms with van der Waals surface area (Å²) in [6.45, 7) is 5.88. The molecule has 0 saturated heterocycles.